The number of hydrogen-bond acceptors (Lipinski definition) is 8. The summed E-state index contributed by atoms with van der Waals surface area (Å²) in [5.41, 5.74) is 7.98. The molecule has 2 heterocycles. The van der Waals surface area contributed by atoms with E-state index in [2.05, 4.69) is 15.1 Å². The fraction of sp³-hybridized carbons (Fsp3) is 0.240. The van der Waals surface area contributed by atoms with Gasteiger partial charge >= 0.3 is 12.1 Å². The Labute approximate surface area is 247 Å². The van der Waals surface area contributed by atoms with Gasteiger partial charge in [-0.25, -0.2) is 13.2 Å². The topological polar surface area (TPSA) is 166 Å². The summed E-state index contributed by atoms with van der Waals surface area (Å²) in [4.78, 5) is 20.6. The number of nitrogens with zero attached hydrogens (tertiary/aromatic N) is 2. The number of carbonyl (C=O) groups excluding carboxylic acids is 1. The van der Waals surface area contributed by atoms with Crippen molar-refractivity contribution in [2.75, 3.05) is 18.4 Å². The van der Waals surface area contributed by atoms with E-state index in [1.807, 2.05) is 36.4 Å². The number of aliphatic carboxylic acids is 1. The lowest BCUT2D eigenvalue weighted by Crippen LogP contribution is -2.25. The zero-order chi connectivity index (χ0) is 31.1. The third kappa shape index (κ3) is 8.58. The van der Waals surface area contributed by atoms with Gasteiger partial charge in [0.15, 0.2) is 5.82 Å². The molecule has 4 rings (SSSR count). The summed E-state index contributed by atoms with van der Waals surface area (Å²) in [5.74, 6) is -2.21. The molecule has 42 heavy (non-hydrogen) atoms. The van der Waals surface area contributed by atoms with Gasteiger partial charge in [-0.15, -0.1) is 11.3 Å². The van der Waals surface area contributed by atoms with E-state index in [1.165, 1.54) is 19.2 Å². The highest BCUT2D eigenvalue weighted by Gasteiger charge is 2.38. The molecule has 0 saturated carbocycles. The van der Waals surface area contributed by atoms with Crippen molar-refractivity contribution in [3.63, 3.8) is 0 Å². The first kappa shape index (κ1) is 32.7. The second kappa shape index (κ2) is 13.9. The van der Waals surface area contributed by atoms with E-state index >= 15 is 0 Å². The molecule has 11 nitrogen and oxygen atoms in total. The number of alkyl halides is 3. The molecule has 0 radical (unpaired) electrons. The number of methoxy groups -OCH3 is 1. The summed E-state index contributed by atoms with van der Waals surface area (Å²) < 4.78 is 67.9. The number of nitrogens with two attached hydrogens (primary N) is 1. The molecule has 2 aromatic carbocycles. The summed E-state index contributed by atoms with van der Waals surface area (Å²) in [6.45, 7) is 1.06. The van der Waals surface area contributed by atoms with Crippen LogP contribution in [0.5, 0.6) is 5.75 Å². The zero-order valence-corrected chi connectivity index (χ0v) is 24.2. The summed E-state index contributed by atoms with van der Waals surface area (Å²) in [6, 6.07) is 16.1. The van der Waals surface area contributed by atoms with Crippen LogP contribution in [-0.2, 0) is 32.7 Å². The van der Waals surface area contributed by atoms with Crippen LogP contribution in [0, 0.1) is 0 Å². The van der Waals surface area contributed by atoms with Crippen molar-refractivity contribution in [3.8, 4) is 5.75 Å². The number of nitrogens with one attached hydrogen (secondary N) is 2. The van der Waals surface area contributed by atoms with Gasteiger partial charge in [-0.2, -0.15) is 18.3 Å². The van der Waals surface area contributed by atoms with Crippen LogP contribution < -0.4 is 20.5 Å². The molecule has 1 amide bonds. The van der Waals surface area contributed by atoms with Gasteiger partial charge < -0.3 is 20.9 Å². The fourth-order valence-corrected chi connectivity index (χ4v) is 6.10. The molecule has 5 N–H and O–H groups in total. The van der Waals surface area contributed by atoms with E-state index in [-0.39, 0.29) is 22.4 Å². The van der Waals surface area contributed by atoms with Crippen molar-refractivity contribution in [3.05, 3.63) is 70.1 Å². The zero-order valence-electron chi connectivity index (χ0n) is 21.8. The molecule has 17 heteroatoms. The largest absolute Gasteiger partial charge is 0.496 e. The highest BCUT2D eigenvalue weighted by molar-refractivity contribution is 7.94. The Balaban J connectivity index is 0.000000616. The van der Waals surface area contributed by atoms with Crippen LogP contribution in [0.2, 0.25) is 4.34 Å². The first-order valence-electron chi connectivity index (χ1n) is 11.9. The lowest BCUT2D eigenvalue weighted by atomic mass is 10.1. The van der Waals surface area contributed by atoms with E-state index in [4.69, 9.17) is 32.0 Å². The Kier molecular flexibility index (Phi) is 10.8. The molecule has 0 atom stereocenters. The van der Waals surface area contributed by atoms with Crippen molar-refractivity contribution in [1.29, 1.82) is 0 Å². The number of rotatable bonds is 10. The van der Waals surface area contributed by atoms with Gasteiger partial charge in [-0.3, -0.25) is 14.2 Å². The third-order valence-corrected chi connectivity index (χ3v) is 8.49. The summed E-state index contributed by atoms with van der Waals surface area (Å²) in [7, 11) is -2.37. The monoisotopic (exact) mass is 647 g/mol. The summed E-state index contributed by atoms with van der Waals surface area (Å²) in [5, 5.41) is 15.1. The van der Waals surface area contributed by atoms with E-state index < -0.39 is 22.2 Å². The van der Waals surface area contributed by atoms with Gasteiger partial charge in [-0.05, 0) is 35.4 Å². The van der Waals surface area contributed by atoms with E-state index in [0.717, 1.165) is 22.5 Å². The number of amides is 1. The Morgan fingerprint density at radius 3 is 2.40 bits per heavy atom. The van der Waals surface area contributed by atoms with Gasteiger partial charge in [0.2, 0.25) is 5.91 Å². The minimum Gasteiger partial charge on any atom is -0.496 e. The molecular formula is C25H25ClF3N5O6S2. The first-order valence-corrected chi connectivity index (χ1v) is 14.6. The van der Waals surface area contributed by atoms with Gasteiger partial charge in [0, 0.05) is 19.5 Å². The molecule has 0 saturated heterocycles. The van der Waals surface area contributed by atoms with Crippen LogP contribution in [0.15, 0.2) is 58.8 Å². The molecule has 0 unspecified atom stereocenters. The maximum atomic E-state index is 13.0. The van der Waals surface area contributed by atoms with Crippen molar-refractivity contribution in [2.24, 2.45) is 5.73 Å². The molecule has 0 aliphatic rings. The van der Waals surface area contributed by atoms with E-state index in [1.54, 1.807) is 10.7 Å². The average Bonchev–Trinajstić information content (AvgIpc) is 3.51. The van der Waals surface area contributed by atoms with Crippen LogP contribution in [0.4, 0.5) is 19.0 Å². The number of anilines is 1. The molecule has 0 bridgehead atoms. The molecule has 0 fully saturated rings. The Morgan fingerprint density at radius 2 is 1.81 bits per heavy atom. The number of carboxylic acids is 1. The van der Waals surface area contributed by atoms with Gasteiger partial charge in [0.25, 0.3) is 10.0 Å². The lowest BCUT2D eigenvalue weighted by Gasteiger charge is -2.08. The van der Waals surface area contributed by atoms with Crippen LogP contribution in [0.25, 0.3) is 10.9 Å². The number of aromatic nitrogens is 2. The minimum atomic E-state index is -5.08. The number of benzene rings is 2. The Bertz CT molecular complexity index is 1670. The highest BCUT2D eigenvalue weighted by Crippen LogP contribution is 2.35. The molecule has 0 aliphatic carbocycles. The van der Waals surface area contributed by atoms with Gasteiger partial charge in [0.05, 0.1) is 28.9 Å². The maximum absolute atomic E-state index is 13.0. The Morgan fingerprint density at radius 1 is 1.14 bits per heavy atom. The number of carboxylic acid groups (broad SMARTS) is 1. The van der Waals surface area contributed by atoms with Gasteiger partial charge in [0.1, 0.15) is 9.96 Å². The Hall–Kier alpha value is -3.86. The molecular weight excluding hydrogens is 623 g/mol. The number of hydrogen-bond donors (Lipinski definition) is 4. The van der Waals surface area contributed by atoms with Gasteiger partial charge in [-0.1, -0.05) is 41.9 Å². The average molecular weight is 648 g/mol. The SMILES string of the molecule is COc1cccc2c1c(NS(=O)(=O)c1ccc(Cl)s1)nn2Cc1cccc(CNC(=O)CCN)c1.O=C(O)C(F)(F)F. The molecule has 226 valence electrons. The second-order valence-electron chi connectivity index (χ2n) is 8.46. The highest BCUT2D eigenvalue weighted by atomic mass is 35.5. The standard InChI is InChI=1S/C23H24ClN5O4S2.C2HF3O2/c1-33-18-7-3-6-17-22(18)23(28-35(31,32)21-9-8-19(24)34-21)27-29(17)14-16-5-2-4-15(12-16)13-26-20(30)10-11-25;3-2(4,5)1(6)7/h2-9,12H,10-11,13-14,25H2,1H3,(H,26,30)(H,27,28);(H,6,7). The number of ether oxygens (including phenoxy) is 1. The summed E-state index contributed by atoms with van der Waals surface area (Å²) >= 11 is 6.89. The van der Waals surface area contributed by atoms with E-state index in [9.17, 15) is 26.4 Å². The van der Waals surface area contributed by atoms with E-state index in [0.29, 0.717) is 40.6 Å². The predicted molar refractivity (Wildman–Crippen MR) is 151 cm³/mol. The number of fused-ring (bicyclic) bond motifs is 1. The predicted octanol–water partition coefficient (Wildman–Crippen LogP) is 4.21. The molecule has 2 aromatic heterocycles. The lowest BCUT2D eigenvalue weighted by molar-refractivity contribution is -0.192. The van der Waals surface area contributed by atoms with Crippen LogP contribution >= 0.6 is 22.9 Å². The maximum Gasteiger partial charge on any atom is 0.490 e. The smallest absolute Gasteiger partial charge is 0.490 e. The van der Waals surface area contributed by atoms with Crippen LogP contribution in [0.3, 0.4) is 0 Å². The molecule has 0 spiro atoms. The molecule has 4 aromatic rings. The van der Waals surface area contributed by atoms with Crippen molar-refractivity contribution < 1.29 is 41.0 Å². The number of halogens is 4. The number of sulfonamides is 1. The summed E-state index contributed by atoms with van der Waals surface area (Å²) in [6.07, 6.45) is -4.81. The quantitative estimate of drug-likeness (QED) is 0.199. The number of carbonyl (C=O) groups is 2. The van der Waals surface area contributed by atoms with Crippen molar-refractivity contribution >= 4 is 61.6 Å². The van der Waals surface area contributed by atoms with Crippen LogP contribution in [-0.4, -0.2) is 55.0 Å². The second-order valence-corrected chi connectivity index (χ2v) is 12.1. The molecule has 0 aliphatic heterocycles. The van der Waals surface area contributed by atoms with Crippen molar-refractivity contribution in [2.45, 2.75) is 29.9 Å². The van der Waals surface area contributed by atoms with Crippen molar-refractivity contribution in [1.82, 2.24) is 15.1 Å². The first-order chi connectivity index (χ1) is 19.7. The normalized spacial score (nSPS) is 11.5. The minimum absolute atomic E-state index is 0.0875. The fourth-order valence-electron chi connectivity index (χ4n) is 3.61. The third-order valence-electron chi connectivity index (χ3n) is 5.43. The van der Waals surface area contributed by atoms with Crippen LogP contribution in [0.1, 0.15) is 17.5 Å². The number of thiophene rings is 1.